The van der Waals surface area contributed by atoms with Crippen LogP contribution in [0.15, 0.2) is 30.7 Å². The number of carbonyl (C=O) groups is 1. The molecule has 0 aliphatic heterocycles. The summed E-state index contributed by atoms with van der Waals surface area (Å²) >= 11 is 0. The van der Waals surface area contributed by atoms with Gasteiger partial charge in [0.2, 0.25) is 0 Å². The van der Waals surface area contributed by atoms with Crippen molar-refractivity contribution in [1.29, 1.82) is 5.26 Å². The van der Waals surface area contributed by atoms with Gasteiger partial charge < -0.3 is 9.67 Å². The monoisotopic (exact) mass is 269 g/mol. The molecular formula is C15H15N3O2. The lowest BCUT2D eigenvalue weighted by molar-refractivity contribution is 0.0696. The van der Waals surface area contributed by atoms with Crippen molar-refractivity contribution in [3.05, 3.63) is 47.4 Å². The molecule has 5 heteroatoms. The smallest absolute Gasteiger partial charge is 0.335 e. The van der Waals surface area contributed by atoms with Crippen LogP contribution in [0.3, 0.4) is 0 Å². The molecule has 1 N–H and O–H groups in total. The van der Waals surface area contributed by atoms with Crippen LogP contribution in [-0.4, -0.2) is 20.6 Å². The first-order valence-electron chi connectivity index (χ1n) is 6.46. The van der Waals surface area contributed by atoms with Crippen LogP contribution in [0.1, 0.15) is 41.3 Å². The summed E-state index contributed by atoms with van der Waals surface area (Å²) in [6, 6.07) is 5.10. The number of carboxylic acids is 1. The molecule has 0 fully saturated rings. The quantitative estimate of drug-likeness (QED) is 0.905. The van der Waals surface area contributed by atoms with E-state index in [0.29, 0.717) is 11.4 Å². The van der Waals surface area contributed by atoms with Gasteiger partial charge in [0.05, 0.1) is 11.1 Å². The van der Waals surface area contributed by atoms with Crippen LogP contribution in [0.5, 0.6) is 0 Å². The van der Waals surface area contributed by atoms with Crippen molar-refractivity contribution in [3.8, 4) is 11.9 Å². The van der Waals surface area contributed by atoms with Crippen molar-refractivity contribution in [2.75, 3.05) is 0 Å². The largest absolute Gasteiger partial charge is 0.478 e. The van der Waals surface area contributed by atoms with Gasteiger partial charge in [-0.15, -0.1) is 0 Å². The highest BCUT2D eigenvalue weighted by molar-refractivity contribution is 5.87. The lowest BCUT2D eigenvalue weighted by Crippen LogP contribution is -2.00. The topological polar surface area (TPSA) is 78.9 Å². The van der Waals surface area contributed by atoms with E-state index >= 15 is 0 Å². The summed E-state index contributed by atoms with van der Waals surface area (Å²) in [7, 11) is 0. The first kappa shape index (κ1) is 13.8. The molecule has 5 nitrogen and oxygen atoms in total. The number of hydrogen-bond acceptors (Lipinski definition) is 3. The molecule has 0 spiro atoms. The summed E-state index contributed by atoms with van der Waals surface area (Å²) in [5.41, 5.74) is 1.76. The van der Waals surface area contributed by atoms with Crippen LogP contribution in [0, 0.1) is 11.3 Å². The summed E-state index contributed by atoms with van der Waals surface area (Å²) in [6.45, 7) is 2.10. The molecule has 0 atom stereocenters. The fourth-order valence-corrected chi connectivity index (χ4v) is 1.99. The number of hydrogen-bond donors (Lipinski definition) is 1. The second-order valence-electron chi connectivity index (χ2n) is 4.53. The first-order valence-corrected chi connectivity index (χ1v) is 6.46. The maximum Gasteiger partial charge on any atom is 0.335 e. The van der Waals surface area contributed by atoms with Crippen LogP contribution in [0.25, 0.3) is 5.82 Å². The van der Waals surface area contributed by atoms with E-state index in [2.05, 4.69) is 18.0 Å². The van der Waals surface area contributed by atoms with Crippen molar-refractivity contribution < 1.29 is 9.90 Å². The van der Waals surface area contributed by atoms with Crippen LogP contribution < -0.4 is 0 Å². The lowest BCUT2D eigenvalue weighted by Gasteiger charge is -2.02. The summed E-state index contributed by atoms with van der Waals surface area (Å²) in [4.78, 5) is 15.1. The van der Waals surface area contributed by atoms with Gasteiger partial charge in [0, 0.05) is 18.6 Å². The summed E-state index contributed by atoms with van der Waals surface area (Å²) < 4.78 is 1.70. The average Bonchev–Trinajstić information content (AvgIpc) is 2.88. The highest BCUT2D eigenvalue weighted by Gasteiger charge is 2.10. The van der Waals surface area contributed by atoms with E-state index in [1.54, 1.807) is 10.8 Å². The zero-order valence-corrected chi connectivity index (χ0v) is 11.2. The van der Waals surface area contributed by atoms with Crippen molar-refractivity contribution in [2.45, 2.75) is 26.2 Å². The van der Waals surface area contributed by atoms with E-state index in [9.17, 15) is 4.79 Å². The molecular weight excluding hydrogens is 254 g/mol. The van der Waals surface area contributed by atoms with Crippen molar-refractivity contribution in [3.63, 3.8) is 0 Å². The van der Waals surface area contributed by atoms with Gasteiger partial charge in [0.25, 0.3) is 0 Å². The maximum atomic E-state index is 11.0. The number of pyridine rings is 1. The third-order valence-electron chi connectivity index (χ3n) is 3.09. The van der Waals surface area contributed by atoms with Crippen molar-refractivity contribution in [1.82, 2.24) is 9.55 Å². The molecule has 0 aromatic carbocycles. The highest BCUT2D eigenvalue weighted by Crippen LogP contribution is 2.17. The van der Waals surface area contributed by atoms with Gasteiger partial charge in [-0.05, 0) is 30.5 Å². The Morgan fingerprint density at radius 3 is 2.95 bits per heavy atom. The van der Waals surface area contributed by atoms with Gasteiger partial charge in [0.15, 0.2) is 0 Å². The Bertz CT molecular complexity index is 668. The van der Waals surface area contributed by atoms with E-state index in [-0.39, 0.29) is 5.56 Å². The zero-order chi connectivity index (χ0) is 14.5. The number of aryl methyl sites for hydroxylation is 1. The Labute approximate surface area is 117 Å². The number of nitriles is 1. The van der Waals surface area contributed by atoms with Crippen LogP contribution in [0.4, 0.5) is 0 Å². The molecule has 0 radical (unpaired) electrons. The lowest BCUT2D eigenvalue weighted by atomic mass is 10.1. The highest BCUT2D eigenvalue weighted by atomic mass is 16.4. The molecule has 0 unspecified atom stereocenters. The maximum absolute atomic E-state index is 11.0. The minimum atomic E-state index is -0.993. The molecule has 102 valence electrons. The second-order valence-corrected chi connectivity index (χ2v) is 4.53. The Morgan fingerprint density at radius 2 is 2.30 bits per heavy atom. The Morgan fingerprint density at radius 1 is 1.50 bits per heavy atom. The van der Waals surface area contributed by atoms with E-state index < -0.39 is 5.97 Å². The molecule has 2 aromatic rings. The standard InChI is InChI=1S/C15H15N3O2/c1-2-3-4-12-9-18(10-13(12)8-16)14-7-11(15(19)20)5-6-17-14/h5-7,9-10H,2-4H2,1H3,(H,19,20). The number of rotatable bonds is 5. The van der Waals surface area contributed by atoms with Crippen molar-refractivity contribution >= 4 is 5.97 Å². The third kappa shape index (κ3) is 2.86. The number of aromatic carboxylic acids is 1. The predicted octanol–water partition coefficient (Wildman–Crippen LogP) is 2.78. The van der Waals surface area contributed by atoms with Gasteiger partial charge >= 0.3 is 5.97 Å². The van der Waals surface area contributed by atoms with E-state index in [1.165, 1.54) is 18.3 Å². The molecule has 20 heavy (non-hydrogen) atoms. The summed E-state index contributed by atoms with van der Waals surface area (Å²) in [5, 5.41) is 18.1. The predicted molar refractivity (Wildman–Crippen MR) is 73.9 cm³/mol. The Hall–Kier alpha value is -2.61. The molecule has 2 heterocycles. The summed E-state index contributed by atoms with van der Waals surface area (Å²) in [6.07, 6.45) is 7.91. The second kappa shape index (κ2) is 6.02. The first-order chi connectivity index (χ1) is 9.65. The molecule has 2 aromatic heterocycles. The zero-order valence-electron chi connectivity index (χ0n) is 11.2. The number of carboxylic acid groups (broad SMARTS) is 1. The molecule has 0 amide bonds. The fraction of sp³-hybridized carbons (Fsp3) is 0.267. The fourth-order valence-electron chi connectivity index (χ4n) is 1.99. The van der Waals surface area contributed by atoms with Gasteiger partial charge in [-0.1, -0.05) is 13.3 Å². The van der Waals surface area contributed by atoms with Crippen LogP contribution >= 0.6 is 0 Å². The number of unbranched alkanes of at least 4 members (excludes halogenated alkanes) is 1. The van der Waals surface area contributed by atoms with E-state index in [1.807, 2.05) is 6.20 Å². The van der Waals surface area contributed by atoms with Gasteiger partial charge in [0.1, 0.15) is 11.9 Å². The van der Waals surface area contributed by atoms with Gasteiger partial charge in [-0.2, -0.15) is 5.26 Å². The Balaban J connectivity index is 2.38. The molecule has 2 rings (SSSR count). The molecule has 0 aliphatic carbocycles. The Kier molecular flexibility index (Phi) is 4.16. The summed E-state index contributed by atoms with van der Waals surface area (Å²) in [5.74, 6) is -0.489. The van der Waals surface area contributed by atoms with Crippen LogP contribution in [0.2, 0.25) is 0 Å². The molecule has 0 bridgehead atoms. The molecule has 0 saturated heterocycles. The average molecular weight is 269 g/mol. The number of nitrogens with zero attached hydrogens (tertiary/aromatic N) is 3. The van der Waals surface area contributed by atoms with E-state index in [0.717, 1.165) is 24.8 Å². The van der Waals surface area contributed by atoms with E-state index in [4.69, 9.17) is 10.4 Å². The minimum absolute atomic E-state index is 0.178. The molecule has 0 aliphatic rings. The SMILES string of the molecule is CCCCc1cn(-c2cc(C(=O)O)ccn2)cc1C#N. The van der Waals surface area contributed by atoms with Crippen molar-refractivity contribution in [2.24, 2.45) is 0 Å². The minimum Gasteiger partial charge on any atom is -0.478 e. The third-order valence-corrected chi connectivity index (χ3v) is 3.09. The molecule has 0 saturated carbocycles. The number of aromatic nitrogens is 2. The van der Waals surface area contributed by atoms with Gasteiger partial charge in [-0.3, -0.25) is 0 Å². The van der Waals surface area contributed by atoms with Crippen LogP contribution in [-0.2, 0) is 6.42 Å². The normalized spacial score (nSPS) is 10.2. The van der Waals surface area contributed by atoms with Gasteiger partial charge in [-0.25, -0.2) is 9.78 Å².